The van der Waals surface area contributed by atoms with Gasteiger partial charge in [-0.05, 0) is 38.0 Å². The largest absolute Gasteiger partial charge is 0.507 e. The van der Waals surface area contributed by atoms with Gasteiger partial charge in [0.25, 0.3) is 0 Å². The minimum Gasteiger partial charge on any atom is -0.507 e. The predicted molar refractivity (Wildman–Crippen MR) is 125 cm³/mol. The van der Waals surface area contributed by atoms with Gasteiger partial charge in [-0.3, -0.25) is 10.4 Å². The summed E-state index contributed by atoms with van der Waals surface area (Å²) in [7, 11) is 2.03. The summed E-state index contributed by atoms with van der Waals surface area (Å²) in [6, 6.07) is 5.94. The van der Waals surface area contributed by atoms with Gasteiger partial charge in [0.2, 0.25) is 0 Å². The van der Waals surface area contributed by atoms with Crippen molar-refractivity contribution in [3.05, 3.63) is 34.1 Å². The van der Waals surface area contributed by atoms with Gasteiger partial charge in [-0.25, -0.2) is 0 Å². The van der Waals surface area contributed by atoms with Crippen molar-refractivity contribution in [3.8, 4) is 5.75 Å². The number of phenols is 1. The van der Waals surface area contributed by atoms with Crippen LogP contribution in [0, 0.1) is 6.92 Å². The van der Waals surface area contributed by atoms with Gasteiger partial charge in [-0.1, -0.05) is 30.7 Å². The second-order valence-electron chi connectivity index (χ2n) is 6.70. The number of unbranched alkanes of at least 4 members (excludes halogenated alkanes) is 1. The number of halogens is 1. The van der Waals surface area contributed by atoms with E-state index in [2.05, 4.69) is 33.2 Å². The smallest absolute Gasteiger partial charge is 0.185 e. The lowest BCUT2D eigenvalue weighted by Gasteiger charge is -2.10. The topological polar surface area (TPSA) is 100 Å². The Morgan fingerprint density at radius 2 is 2.10 bits per heavy atom. The van der Waals surface area contributed by atoms with Crippen molar-refractivity contribution >= 4 is 56.8 Å². The SMILES string of the molecule is CCCCN=c1sc2c(C)c(O)c3ccc(C(C)=NNC=NN)cc3c2n1C.Cl. The fraction of sp³-hybridized carbons (Fsp3) is 0.350. The molecule has 0 bridgehead atoms. The number of benzene rings is 2. The molecule has 0 unspecified atom stereocenters. The van der Waals surface area contributed by atoms with Crippen LogP contribution in [0.3, 0.4) is 0 Å². The fourth-order valence-corrected chi connectivity index (χ4v) is 4.35. The number of aromatic nitrogens is 1. The van der Waals surface area contributed by atoms with Gasteiger partial charge >= 0.3 is 0 Å². The van der Waals surface area contributed by atoms with Gasteiger partial charge in [0, 0.05) is 29.9 Å². The summed E-state index contributed by atoms with van der Waals surface area (Å²) in [4.78, 5) is 5.73. The maximum atomic E-state index is 10.8. The van der Waals surface area contributed by atoms with Crippen molar-refractivity contribution in [2.75, 3.05) is 6.54 Å². The molecule has 0 fully saturated rings. The molecule has 0 saturated carbocycles. The fourth-order valence-electron chi connectivity index (χ4n) is 3.19. The average molecular weight is 435 g/mol. The summed E-state index contributed by atoms with van der Waals surface area (Å²) in [5.41, 5.74) is 6.40. The molecule has 3 rings (SSSR count). The van der Waals surface area contributed by atoms with Crippen LogP contribution in [0.15, 0.2) is 33.4 Å². The Balaban J connectivity index is 0.00000300. The summed E-state index contributed by atoms with van der Waals surface area (Å²) in [5, 5.41) is 20.2. The van der Waals surface area contributed by atoms with E-state index in [4.69, 9.17) is 10.8 Å². The second-order valence-corrected chi connectivity index (χ2v) is 7.67. The number of nitrogens with zero attached hydrogens (tertiary/aromatic N) is 4. The van der Waals surface area contributed by atoms with Crippen molar-refractivity contribution in [2.45, 2.75) is 33.6 Å². The van der Waals surface area contributed by atoms with Crippen LogP contribution in [0.5, 0.6) is 5.75 Å². The highest BCUT2D eigenvalue weighted by Crippen LogP contribution is 2.38. The molecule has 0 spiro atoms. The van der Waals surface area contributed by atoms with Crippen molar-refractivity contribution in [3.63, 3.8) is 0 Å². The molecule has 0 radical (unpaired) electrons. The number of thiazole rings is 1. The van der Waals surface area contributed by atoms with Crippen molar-refractivity contribution < 1.29 is 5.11 Å². The Morgan fingerprint density at radius 3 is 2.79 bits per heavy atom. The molecule has 0 atom stereocenters. The highest BCUT2D eigenvalue weighted by Gasteiger charge is 2.16. The molecule has 1 heterocycles. The Bertz CT molecular complexity index is 1150. The van der Waals surface area contributed by atoms with E-state index in [0.29, 0.717) is 5.75 Å². The molecule has 0 saturated heterocycles. The van der Waals surface area contributed by atoms with Gasteiger partial charge in [-0.2, -0.15) is 10.2 Å². The second kappa shape index (κ2) is 9.76. The van der Waals surface area contributed by atoms with E-state index >= 15 is 0 Å². The van der Waals surface area contributed by atoms with Crippen molar-refractivity contribution in [2.24, 2.45) is 28.1 Å². The summed E-state index contributed by atoms with van der Waals surface area (Å²) in [6.07, 6.45) is 3.50. The maximum Gasteiger partial charge on any atom is 0.185 e. The lowest BCUT2D eigenvalue weighted by atomic mass is 10.0. The monoisotopic (exact) mass is 434 g/mol. The number of hydrogen-bond donors (Lipinski definition) is 3. The summed E-state index contributed by atoms with van der Waals surface area (Å²) in [6.45, 7) is 6.84. The number of fused-ring (bicyclic) bond motifs is 3. The molecule has 2 aromatic carbocycles. The third-order valence-electron chi connectivity index (χ3n) is 4.80. The van der Waals surface area contributed by atoms with E-state index in [0.717, 1.165) is 62.0 Å². The van der Waals surface area contributed by atoms with Crippen LogP contribution in [-0.2, 0) is 7.05 Å². The number of hydrogen-bond acceptors (Lipinski definition) is 6. The van der Waals surface area contributed by atoms with Crippen LogP contribution >= 0.6 is 23.7 Å². The molecular formula is C20H27ClN6OS. The highest BCUT2D eigenvalue weighted by atomic mass is 35.5. The molecule has 9 heteroatoms. The number of nitrogens with one attached hydrogen (secondary N) is 1. The summed E-state index contributed by atoms with van der Waals surface area (Å²) in [5.74, 6) is 5.40. The number of phenolic OH excluding ortho intramolecular Hbond substituents is 1. The van der Waals surface area contributed by atoms with E-state index < -0.39 is 0 Å². The summed E-state index contributed by atoms with van der Waals surface area (Å²) < 4.78 is 3.18. The van der Waals surface area contributed by atoms with E-state index in [1.54, 1.807) is 11.3 Å². The number of aryl methyl sites for hydroxylation is 2. The standard InChI is InChI=1S/C20H26N6OS.ClH/c1-5-6-9-22-20-26(4)17-16-10-14(13(3)25-24-11-23-21)7-8-15(16)18(27)12(2)19(17)28-20;/h7-8,10-11,27H,5-6,9,21H2,1-4H3,(H,23,24);1H. The zero-order valence-corrected chi connectivity index (χ0v) is 18.7. The molecule has 4 N–H and O–H groups in total. The maximum absolute atomic E-state index is 10.8. The Morgan fingerprint density at radius 1 is 1.34 bits per heavy atom. The predicted octanol–water partition coefficient (Wildman–Crippen LogP) is 3.75. The molecule has 29 heavy (non-hydrogen) atoms. The van der Waals surface area contributed by atoms with Crippen LogP contribution in [0.2, 0.25) is 0 Å². The Hall–Kier alpha value is -2.58. The first-order valence-corrected chi connectivity index (χ1v) is 10.1. The number of rotatable bonds is 6. The number of nitrogens with two attached hydrogens (primary N) is 1. The van der Waals surface area contributed by atoms with Crippen LogP contribution in [0.1, 0.15) is 37.8 Å². The molecule has 0 aliphatic rings. The lowest BCUT2D eigenvalue weighted by Crippen LogP contribution is -2.11. The van der Waals surface area contributed by atoms with Crippen molar-refractivity contribution in [1.82, 2.24) is 9.99 Å². The van der Waals surface area contributed by atoms with E-state index in [-0.39, 0.29) is 12.4 Å². The minimum atomic E-state index is 0. The quantitative estimate of drug-likeness (QED) is 0.181. The normalized spacial score (nSPS) is 12.8. The van der Waals surface area contributed by atoms with Crippen LogP contribution < -0.4 is 16.1 Å². The molecule has 0 amide bonds. The number of hydrazone groups is 2. The van der Waals surface area contributed by atoms with E-state index in [9.17, 15) is 5.11 Å². The molecular weight excluding hydrogens is 408 g/mol. The molecule has 1 aromatic heterocycles. The van der Waals surface area contributed by atoms with Crippen molar-refractivity contribution in [1.29, 1.82) is 0 Å². The van der Waals surface area contributed by atoms with Crippen LogP contribution in [0.4, 0.5) is 0 Å². The third kappa shape index (κ3) is 4.38. The minimum absolute atomic E-state index is 0. The van der Waals surface area contributed by atoms with Crippen LogP contribution in [-0.4, -0.2) is 28.3 Å². The van der Waals surface area contributed by atoms with Gasteiger partial charge in [-0.15, -0.1) is 12.4 Å². The molecule has 0 aliphatic heterocycles. The third-order valence-corrected chi connectivity index (χ3v) is 6.09. The number of aromatic hydroxyl groups is 1. The van der Waals surface area contributed by atoms with E-state index in [1.807, 2.05) is 33.0 Å². The highest BCUT2D eigenvalue weighted by molar-refractivity contribution is 7.16. The summed E-state index contributed by atoms with van der Waals surface area (Å²) >= 11 is 1.62. The first kappa shape index (κ1) is 22.7. The molecule has 0 aliphatic carbocycles. The van der Waals surface area contributed by atoms with Crippen LogP contribution in [0.25, 0.3) is 21.0 Å². The lowest BCUT2D eigenvalue weighted by molar-refractivity contribution is 0.478. The average Bonchev–Trinajstić information content (AvgIpc) is 3.03. The first-order chi connectivity index (χ1) is 13.5. The first-order valence-electron chi connectivity index (χ1n) is 9.26. The Kier molecular flexibility index (Phi) is 7.64. The zero-order valence-electron chi connectivity index (χ0n) is 17.1. The van der Waals surface area contributed by atoms with E-state index in [1.165, 1.54) is 6.34 Å². The van der Waals surface area contributed by atoms with Gasteiger partial charge in [0.15, 0.2) is 4.80 Å². The molecule has 156 valence electrons. The molecule has 7 nitrogen and oxygen atoms in total. The van der Waals surface area contributed by atoms with Gasteiger partial charge in [0.05, 0.1) is 15.9 Å². The zero-order chi connectivity index (χ0) is 20.3. The molecule has 3 aromatic rings. The van der Waals surface area contributed by atoms with Gasteiger partial charge in [0.1, 0.15) is 12.1 Å². The van der Waals surface area contributed by atoms with Gasteiger partial charge < -0.3 is 15.5 Å². The Labute approximate surface area is 180 Å².